The molecule has 1 aliphatic rings. The summed E-state index contributed by atoms with van der Waals surface area (Å²) in [4.78, 5) is 6.40. The average molecular weight is 189 g/mol. The largest absolute Gasteiger partial charge is 0.370 e. The highest BCUT2D eigenvalue weighted by molar-refractivity contribution is 5.80. The topological polar surface area (TPSA) is 41.6 Å². The smallest absolute Gasteiger partial charge is 0.191 e. The van der Waals surface area contributed by atoms with Crippen LogP contribution in [0.4, 0.5) is 0 Å². The van der Waals surface area contributed by atoms with Crippen LogP contribution in [-0.4, -0.2) is 23.9 Å². The number of guanidine groups is 1. The third-order valence-corrected chi connectivity index (χ3v) is 2.62. The van der Waals surface area contributed by atoms with Crippen molar-refractivity contribution in [3.05, 3.63) is 35.9 Å². The van der Waals surface area contributed by atoms with Crippen molar-refractivity contribution in [3.63, 3.8) is 0 Å². The van der Waals surface area contributed by atoms with Crippen molar-refractivity contribution in [3.8, 4) is 0 Å². The van der Waals surface area contributed by atoms with Gasteiger partial charge in [0.25, 0.3) is 0 Å². The fraction of sp³-hybridized carbons (Fsp3) is 0.364. The molecule has 0 aromatic heterocycles. The Labute approximate surface area is 84.2 Å². The molecule has 1 unspecified atom stereocenters. The molecule has 74 valence electrons. The number of nitrogens with two attached hydrogens (primary N) is 1. The van der Waals surface area contributed by atoms with Crippen LogP contribution in [0.5, 0.6) is 0 Å². The highest BCUT2D eigenvalue weighted by Crippen LogP contribution is 2.24. The predicted octanol–water partition coefficient (Wildman–Crippen LogP) is 1.38. The minimum atomic E-state index is 0.334. The zero-order chi connectivity index (χ0) is 9.97. The van der Waals surface area contributed by atoms with E-state index in [0.29, 0.717) is 12.0 Å². The molecule has 0 aliphatic carbocycles. The summed E-state index contributed by atoms with van der Waals surface area (Å²) in [6.07, 6.45) is 0. The van der Waals surface area contributed by atoms with Gasteiger partial charge in [-0.15, -0.1) is 0 Å². The third-order valence-electron chi connectivity index (χ3n) is 2.62. The summed E-state index contributed by atoms with van der Waals surface area (Å²) < 4.78 is 0. The lowest BCUT2D eigenvalue weighted by molar-refractivity contribution is 0.364. The van der Waals surface area contributed by atoms with Crippen LogP contribution in [0.2, 0.25) is 0 Å². The van der Waals surface area contributed by atoms with Gasteiger partial charge < -0.3 is 10.6 Å². The van der Waals surface area contributed by atoms with Gasteiger partial charge in [0.1, 0.15) is 0 Å². The van der Waals surface area contributed by atoms with E-state index < -0.39 is 0 Å². The van der Waals surface area contributed by atoms with E-state index in [2.05, 4.69) is 41.1 Å². The summed E-state index contributed by atoms with van der Waals surface area (Å²) in [6.45, 7) is 3.79. The highest BCUT2D eigenvalue weighted by Gasteiger charge is 2.25. The quantitative estimate of drug-likeness (QED) is 0.763. The minimum absolute atomic E-state index is 0.334. The van der Waals surface area contributed by atoms with Crippen LogP contribution in [0.25, 0.3) is 0 Å². The highest BCUT2D eigenvalue weighted by atomic mass is 15.3. The van der Waals surface area contributed by atoms with Gasteiger partial charge in [-0.3, -0.25) is 4.99 Å². The Kier molecular flexibility index (Phi) is 2.39. The Morgan fingerprint density at radius 2 is 2.14 bits per heavy atom. The fourth-order valence-corrected chi connectivity index (χ4v) is 1.87. The van der Waals surface area contributed by atoms with Gasteiger partial charge in [0.2, 0.25) is 0 Å². The lowest BCUT2D eigenvalue weighted by Gasteiger charge is -2.24. The molecule has 3 nitrogen and oxygen atoms in total. The second kappa shape index (κ2) is 3.70. The van der Waals surface area contributed by atoms with Crippen molar-refractivity contribution in [2.45, 2.75) is 13.0 Å². The van der Waals surface area contributed by atoms with Gasteiger partial charge in [-0.1, -0.05) is 30.3 Å². The lowest BCUT2D eigenvalue weighted by Crippen LogP contribution is -2.35. The fourth-order valence-electron chi connectivity index (χ4n) is 1.87. The molecule has 1 aliphatic heterocycles. The normalized spacial score (nSPS) is 21.1. The zero-order valence-electron chi connectivity index (χ0n) is 8.35. The molecular weight excluding hydrogens is 174 g/mol. The average Bonchev–Trinajstić information content (AvgIpc) is 2.61. The first-order chi connectivity index (χ1) is 6.83. The molecule has 0 amide bonds. The first-order valence-corrected chi connectivity index (χ1v) is 4.94. The monoisotopic (exact) mass is 189 g/mol. The molecule has 3 heteroatoms. The molecule has 0 bridgehead atoms. The van der Waals surface area contributed by atoms with E-state index in [4.69, 9.17) is 5.73 Å². The second-order valence-electron chi connectivity index (χ2n) is 3.41. The lowest BCUT2D eigenvalue weighted by atomic mass is 10.1. The van der Waals surface area contributed by atoms with E-state index in [1.165, 1.54) is 5.56 Å². The van der Waals surface area contributed by atoms with Crippen LogP contribution < -0.4 is 5.73 Å². The Morgan fingerprint density at radius 3 is 2.79 bits per heavy atom. The van der Waals surface area contributed by atoms with Crippen LogP contribution >= 0.6 is 0 Å². The third kappa shape index (κ3) is 1.45. The Bertz CT molecular complexity index is 332. The van der Waals surface area contributed by atoms with Gasteiger partial charge in [-0.2, -0.15) is 0 Å². The van der Waals surface area contributed by atoms with E-state index in [1.807, 2.05) is 6.07 Å². The van der Waals surface area contributed by atoms with E-state index in [1.54, 1.807) is 0 Å². The summed E-state index contributed by atoms with van der Waals surface area (Å²) in [5.41, 5.74) is 7.08. The van der Waals surface area contributed by atoms with E-state index in [-0.39, 0.29) is 0 Å². The van der Waals surface area contributed by atoms with Gasteiger partial charge >= 0.3 is 0 Å². The predicted molar refractivity (Wildman–Crippen MR) is 58.1 cm³/mol. The SMILES string of the molecule is CCN1C(N)=NCC1c1ccccc1. The van der Waals surface area contributed by atoms with Gasteiger partial charge in [0.05, 0.1) is 12.6 Å². The maximum absolute atomic E-state index is 5.79. The summed E-state index contributed by atoms with van der Waals surface area (Å²) in [7, 11) is 0. The number of nitrogens with zero attached hydrogens (tertiary/aromatic N) is 2. The standard InChI is InChI=1S/C11H15N3/c1-2-14-10(8-13-11(14)12)9-6-4-3-5-7-9/h3-7,10H,2,8H2,1H3,(H2,12,13). The zero-order valence-corrected chi connectivity index (χ0v) is 8.35. The summed E-state index contributed by atoms with van der Waals surface area (Å²) in [6, 6.07) is 10.7. The number of likely N-dealkylation sites (N-methyl/N-ethyl adjacent to an activating group) is 1. The van der Waals surface area contributed by atoms with Crippen LogP contribution in [0.15, 0.2) is 35.3 Å². The molecular formula is C11H15N3. The molecule has 0 fully saturated rings. The molecule has 14 heavy (non-hydrogen) atoms. The van der Waals surface area contributed by atoms with Crippen LogP contribution in [-0.2, 0) is 0 Å². The molecule has 0 spiro atoms. The van der Waals surface area contributed by atoms with E-state index in [0.717, 1.165) is 13.1 Å². The molecule has 0 saturated heterocycles. The van der Waals surface area contributed by atoms with Crippen molar-refractivity contribution in [2.75, 3.05) is 13.1 Å². The molecule has 0 radical (unpaired) electrons. The summed E-state index contributed by atoms with van der Waals surface area (Å²) in [5, 5.41) is 0. The van der Waals surface area contributed by atoms with E-state index >= 15 is 0 Å². The van der Waals surface area contributed by atoms with Gasteiger partial charge in [0, 0.05) is 6.54 Å². The van der Waals surface area contributed by atoms with Gasteiger partial charge in [0.15, 0.2) is 5.96 Å². The van der Waals surface area contributed by atoms with Gasteiger partial charge in [-0.05, 0) is 12.5 Å². The van der Waals surface area contributed by atoms with E-state index in [9.17, 15) is 0 Å². The Balaban J connectivity index is 2.22. The number of hydrogen-bond donors (Lipinski definition) is 1. The maximum atomic E-state index is 5.79. The molecule has 1 atom stereocenters. The van der Waals surface area contributed by atoms with Crippen molar-refractivity contribution in [1.82, 2.24) is 4.90 Å². The number of hydrogen-bond acceptors (Lipinski definition) is 3. The molecule has 0 saturated carbocycles. The molecule has 1 aromatic carbocycles. The summed E-state index contributed by atoms with van der Waals surface area (Å²) >= 11 is 0. The first kappa shape index (κ1) is 9.06. The Hall–Kier alpha value is -1.51. The van der Waals surface area contributed by atoms with Crippen molar-refractivity contribution in [1.29, 1.82) is 0 Å². The molecule has 2 N–H and O–H groups in total. The van der Waals surface area contributed by atoms with Crippen LogP contribution in [0.1, 0.15) is 18.5 Å². The van der Waals surface area contributed by atoms with Crippen molar-refractivity contribution in [2.24, 2.45) is 10.7 Å². The minimum Gasteiger partial charge on any atom is -0.370 e. The number of rotatable bonds is 2. The molecule has 1 heterocycles. The first-order valence-electron chi connectivity index (χ1n) is 4.94. The van der Waals surface area contributed by atoms with Crippen molar-refractivity contribution < 1.29 is 0 Å². The van der Waals surface area contributed by atoms with Crippen molar-refractivity contribution >= 4 is 5.96 Å². The van der Waals surface area contributed by atoms with Crippen LogP contribution in [0.3, 0.4) is 0 Å². The van der Waals surface area contributed by atoms with Gasteiger partial charge in [-0.25, -0.2) is 0 Å². The second-order valence-corrected chi connectivity index (χ2v) is 3.41. The Morgan fingerprint density at radius 1 is 1.43 bits per heavy atom. The molecule has 1 aromatic rings. The maximum Gasteiger partial charge on any atom is 0.191 e. The molecule has 2 rings (SSSR count). The number of aliphatic imine (C=N–C) groups is 1. The summed E-state index contributed by atoms with van der Waals surface area (Å²) in [5.74, 6) is 0.668. The van der Waals surface area contributed by atoms with Crippen LogP contribution in [0, 0.1) is 0 Å². The number of benzene rings is 1.